The monoisotopic (exact) mass is 359 g/mol. The van der Waals surface area contributed by atoms with Crippen molar-refractivity contribution >= 4 is 34.8 Å². The highest BCUT2D eigenvalue weighted by atomic mass is 35.5. The molecule has 0 saturated carbocycles. The average Bonchev–Trinajstić information content (AvgIpc) is 2.56. The van der Waals surface area contributed by atoms with Crippen molar-refractivity contribution < 1.29 is 9.59 Å². The summed E-state index contributed by atoms with van der Waals surface area (Å²) in [5.74, 6) is -0.272. The SMILES string of the molecule is CC(=O)Nc1ccc(NC(=O)[C@H](C)N[C@H](C)c2cccc(Cl)c2)cc1. The Labute approximate surface area is 152 Å². The summed E-state index contributed by atoms with van der Waals surface area (Å²) in [5, 5.41) is 9.45. The van der Waals surface area contributed by atoms with Gasteiger partial charge in [0.25, 0.3) is 0 Å². The lowest BCUT2D eigenvalue weighted by Gasteiger charge is -2.20. The third kappa shape index (κ3) is 5.89. The highest BCUT2D eigenvalue weighted by Crippen LogP contribution is 2.18. The molecule has 0 radical (unpaired) electrons. The highest BCUT2D eigenvalue weighted by Gasteiger charge is 2.16. The Hall–Kier alpha value is -2.37. The van der Waals surface area contributed by atoms with Crippen LogP contribution in [0.3, 0.4) is 0 Å². The first-order valence-electron chi connectivity index (χ1n) is 8.05. The third-order valence-corrected chi connectivity index (χ3v) is 3.95. The predicted octanol–water partition coefficient (Wildman–Crippen LogP) is 3.98. The molecule has 0 unspecified atom stereocenters. The average molecular weight is 360 g/mol. The summed E-state index contributed by atoms with van der Waals surface area (Å²) in [6.45, 7) is 5.24. The fourth-order valence-electron chi connectivity index (χ4n) is 2.41. The molecular formula is C19H22ClN3O2. The minimum atomic E-state index is -0.385. The summed E-state index contributed by atoms with van der Waals surface area (Å²) in [7, 11) is 0. The highest BCUT2D eigenvalue weighted by molar-refractivity contribution is 6.30. The van der Waals surface area contributed by atoms with Gasteiger partial charge in [-0.15, -0.1) is 0 Å². The Kier molecular flexibility index (Phi) is 6.56. The van der Waals surface area contributed by atoms with Crippen molar-refractivity contribution in [3.63, 3.8) is 0 Å². The standard InChI is InChI=1S/C19H22ClN3O2/c1-12(15-5-4-6-16(20)11-15)21-13(2)19(25)23-18-9-7-17(8-10-18)22-14(3)24/h4-13,21H,1-3H3,(H,22,24)(H,23,25)/t12-,13+/m1/s1. The van der Waals surface area contributed by atoms with Gasteiger partial charge < -0.3 is 10.6 Å². The van der Waals surface area contributed by atoms with Gasteiger partial charge in [0.15, 0.2) is 0 Å². The maximum Gasteiger partial charge on any atom is 0.241 e. The summed E-state index contributed by atoms with van der Waals surface area (Å²) in [4.78, 5) is 23.3. The van der Waals surface area contributed by atoms with Gasteiger partial charge in [0.1, 0.15) is 0 Å². The van der Waals surface area contributed by atoms with Gasteiger partial charge in [0.2, 0.25) is 11.8 Å². The smallest absolute Gasteiger partial charge is 0.241 e. The second-order valence-electron chi connectivity index (χ2n) is 5.91. The molecule has 0 aliphatic rings. The molecule has 2 rings (SSSR count). The van der Waals surface area contributed by atoms with Gasteiger partial charge >= 0.3 is 0 Å². The van der Waals surface area contributed by atoms with Gasteiger partial charge in [-0.2, -0.15) is 0 Å². The minimum absolute atomic E-state index is 0.0124. The van der Waals surface area contributed by atoms with Crippen LogP contribution in [0.25, 0.3) is 0 Å². The molecule has 0 aromatic heterocycles. The zero-order valence-electron chi connectivity index (χ0n) is 14.5. The number of hydrogen-bond acceptors (Lipinski definition) is 3. The second-order valence-corrected chi connectivity index (χ2v) is 6.35. The van der Waals surface area contributed by atoms with Crippen molar-refractivity contribution in [2.75, 3.05) is 10.6 Å². The largest absolute Gasteiger partial charge is 0.326 e. The van der Waals surface area contributed by atoms with E-state index in [0.29, 0.717) is 16.4 Å². The van der Waals surface area contributed by atoms with Crippen LogP contribution < -0.4 is 16.0 Å². The summed E-state index contributed by atoms with van der Waals surface area (Å²) >= 11 is 6.01. The van der Waals surface area contributed by atoms with Crippen LogP contribution in [0.5, 0.6) is 0 Å². The van der Waals surface area contributed by atoms with Crippen LogP contribution in [0.1, 0.15) is 32.4 Å². The molecule has 0 fully saturated rings. The number of hydrogen-bond donors (Lipinski definition) is 3. The van der Waals surface area contributed by atoms with E-state index in [9.17, 15) is 9.59 Å². The molecule has 0 spiro atoms. The Morgan fingerprint density at radius 1 is 0.960 bits per heavy atom. The number of nitrogens with one attached hydrogen (secondary N) is 3. The molecule has 3 N–H and O–H groups in total. The molecule has 5 nitrogen and oxygen atoms in total. The fourth-order valence-corrected chi connectivity index (χ4v) is 2.61. The normalized spacial score (nSPS) is 13.0. The van der Waals surface area contributed by atoms with E-state index in [4.69, 9.17) is 11.6 Å². The van der Waals surface area contributed by atoms with Crippen molar-refractivity contribution in [1.82, 2.24) is 5.32 Å². The number of halogens is 1. The molecular weight excluding hydrogens is 338 g/mol. The molecule has 0 bridgehead atoms. The van der Waals surface area contributed by atoms with Crippen LogP contribution >= 0.6 is 11.6 Å². The van der Waals surface area contributed by atoms with Crippen molar-refractivity contribution in [3.05, 3.63) is 59.1 Å². The molecule has 25 heavy (non-hydrogen) atoms. The Morgan fingerprint density at radius 2 is 1.56 bits per heavy atom. The van der Waals surface area contributed by atoms with E-state index in [-0.39, 0.29) is 23.9 Å². The van der Waals surface area contributed by atoms with Gasteiger partial charge in [-0.25, -0.2) is 0 Å². The molecule has 0 aliphatic carbocycles. The Balaban J connectivity index is 1.92. The third-order valence-electron chi connectivity index (χ3n) is 3.71. The fraction of sp³-hybridized carbons (Fsp3) is 0.263. The van der Waals surface area contributed by atoms with E-state index in [2.05, 4.69) is 16.0 Å². The Bertz CT molecular complexity index is 747. The van der Waals surface area contributed by atoms with Crippen LogP contribution in [-0.4, -0.2) is 17.9 Å². The molecule has 132 valence electrons. The van der Waals surface area contributed by atoms with Crippen LogP contribution in [0.15, 0.2) is 48.5 Å². The zero-order valence-corrected chi connectivity index (χ0v) is 15.2. The van der Waals surface area contributed by atoms with Crippen LogP contribution in [0.2, 0.25) is 5.02 Å². The number of rotatable bonds is 6. The predicted molar refractivity (Wildman–Crippen MR) is 102 cm³/mol. The van der Waals surface area contributed by atoms with Crippen LogP contribution in [-0.2, 0) is 9.59 Å². The summed E-state index contributed by atoms with van der Waals surface area (Å²) in [6.07, 6.45) is 0. The molecule has 2 aromatic rings. The molecule has 0 heterocycles. The van der Waals surface area contributed by atoms with Gasteiger partial charge in [-0.05, 0) is 55.8 Å². The maximum atomic E-state index is 12.3. The molecule has 2 aromatic carbocycles. The van der Waals surface area contributed by atoms with E-state index >= 15 is 0 Å². The van der Waals surface area contributed by atoms with Gasteiger partial charge in [0.05, 0.1) is 6.04 Å². The van der Waals surface area contributed by atoms with Crippen LogP contribution in [0.4, 0.5) is 11.4 Å². The quantitative estimate of drug-likeness (QED) is 0.730. The van der Waals surface area contributed by atoms with E-state index in [1.807, 2.05) is 38.1 Å². The molecule has 0 saturated heterocycles. The molecule has 0 aliphatic heterocycles. The van der Waals surface area contributed by atoms with Gasteiger partial charge in [0, 0.05) is 29.4 Å². The maximum absolute atomic E-state index is 12.3. The zero-order chi connectivity index (χ0) is 18.4. The van der Waals surface area contributed by atoms with E-state index < -0.39 is 0 Å². The van der Waals surface area contributed by atoms with Gasteiger partial charge in [-0.1, -0.05) is 23.7 Å². The van der Waals surface area contributed by atoms with Crippen molar-refractivity contribution in [2.24, 2.45) is 0 Å². The summed E-state index contributed by atoms with van der Waals surface area (Å²) < 4.78 is 0. The minimum Gasteiger partial charge on any atom is -0.326 e. The number of anilines is 2. The summed E-state index contributed by atoms with van der Waals surface area (Å²) in [6, 6.07) is 14.1. The van der Waals surface area contributed by atoms with Gasteiger partial charge in [-0.3, -0.25) is 14.9 Å². The second kappa shape index (κ2) is 8.65. The molecule has 6 heteroatoms. The lowest BCUT2D eigenvalue weighted by atomic mass is 10.1. The Morgan fingerprint density at radius 3 is 2.12 bits per heavy atom. The number of carbonyl (C=O) groups is 2. The van der Waals surface area contributed by atoms with Crippen molar-refractivity contribution in [2.45, 2.75) is 32.9 Å². The van der Waals surface area contributed by atoms with E-state index in [1.165, 1.54) is 6.92 Å². The van der Waals surface area contributed by atoms with Crippen LogP contribution in [0, 0.1) is 0 Å². The molecule has 2 amide bonds. The first kappa shape index (κ1) is 19.0. The lowest BCUT2D eigenvalue weighted by molar-refractivity contribution is -0.118. The first-order chi connectivity index (χ1) is 11.8. The topological polar surface area (TPSA) is 70.2 Å². The number of benzene rings is 2. The first-order valence-corrected chi connectivity index (χ1v) is 8.43. The van der Waals surface area contributed by atoms with Crippen molar-refractivity contribution in [1.29, 1.82) is 0 Å². The van der Waals surface area contributed by atoms with E-state index in [0.717, 1.165) is 5.56 Å². The molecule has 2 atom stereocenters. The van der Waals surface area contributed by atoms with Crippen molar-refractivity contribution in [3.8, 4) is 0 Å². The number of amides is 2. The summed E-state index contributed by atoms with van der Waals surface area (Å²) in [5.41, 5.74) is 2.38. The number of carbonyl (C=O) groups excluding carboxylic acids is 2. The van der Waals surface area contributed by atoms with E-state index in [1.54, 1.807) is 24.3 Å². The lowest BCUT2D eigenvalue weighted by Crippen LogP contribution is -2.39.